The highest BCUT2D eigenvalue weighted by atomic mass is 32.1. The Kier molecular flexibility index (Phi) is 5.38. The van der Waals surface area contributed by atoms with Crippen molar-refractivity contribution in [2.45, 2.75) is 31.0 Å². The first-order chi connectivity index (χ1) is 13.5. The molecule has 0 amide bonds. The molecule has 2 heterocycles. The molecule has 0 spiro atoms. The average Bonchev–Trinajstić information content (AvgIpc) is 3.18. The van der Waals surface area contributed by atoms with Crippen molar-refractivity contribution >= 4 is 33.0 Å². The normalized spacial score (nSPS) is 25.0. The molecular weight excluding hydrogens is 380 g/mol. The highest BCUT2D eigenvalue weighted by Gasteiger charge is 2.36. The third-order valence-electron chi connectivity index (χ3n) is 4.78. The van der Waals surface area contributed by atoms with Crippen LogP contribution in [0.15, 0.2) is 48.7 Å². The second kappa shape index (κ2) is 7.94. The van der Waals surface area contributed by atoms with E-state index < -0.39 is 31.1 Å². The molecule has 0 bridgehead atoms. The summed E-state index contributed by atoms with van der Waals surface area (Å²) in [5.41, 5.74) is 0.585. The number of thiazole rings is 1. The van der Waals surface area contributed by atoms with Gasteiger partial charge in [0.2, 0.25) is 5.78 Å². The van der Waals surface area contributed by atoms with E-state index in [1.165, 1.54) is 17.5 Å². The van der Waals surface area contributed by atoms with E-state index in [4.69, 9.17) is 4.74 Å². The number of anilines is 1. The summed E-state index contributed by atoms with van der Waals surface area (Å²) in [6.45, 7) is -0.403. The molecule has 146 valence electrons. The van der Waals surface area contributed by atoms with Crippen molar-refractivity contribution in [2.24, 2.45) is 0 Å². The summed E-state index contributed by atoms with van der Waals surface area (Å²) >= 11 is 1.19. The van der Waals surface area contributed by atoms with E-state index in [-0.39, 0.29) is 12.2 Å². The number of aliphatic hydroxyl groups excluding tert-OH is 3. The van der Waals surface area contributed by atoms with Crippen LogP contribution in [0.3, 0.4) is 0 Å². The Morgan fingerprint density at radius 3 is 2.79 bits per heavy atom. The molecule has 3 aromatic rings. The second-order valence-corrected chi connectivity index (χ2v) is 7.74. The molecule has 1 aliphatic heterocycles. The minimum absolute atomic E-state index is 0.121. The standard InChI is InChI=1S/C20H20N2O5S/c23-10-15-19(26)14(24)8-17(27-15)22-20-21-9-16(28-20)18(25)13-6-5-11-3-1-2-4-12(11)7-13/h1-7,9,14-15,17,19,23-24,26H,8,10H2,(H,21,22)/t14-,15?,17+,19?/m1/s1. The smallest absolute Gasteiger partial charge is 0.204 e. The van der Waals surface area contributed by atoms with Crippen molar-refractivity contribution in [3.63, 3.8) is 0 Å². The van der Waals surface area contributed by atoms with Gasteiger partial charge in [0.25, 0.3) is 0 Å². The first-order valence-corrected chi connectivity index (χ1v) is 9.75. The summed E-state index contributed by atoms with van der Waals surface area (Å²) in [6, 6.07) is 13.4. The maximum Gasteiger partial charge on any atom is 0.204 e. The number of fused-ring (bicyclic) bond motifs is 1. The van der Waals surface area contributed by atoms with Crippen LogP contribution in [0.25, 0.3) is 10.8 Å². The molecule has 2 aromatic carbocycles. The molecule has 1 fully saturated rings. The Morgan fingerprint density at radius 2 is 2.00 bits per heavy atom. The molecule has 8 heteroatoms. The number of carbonyl (C=O) groups excluding carboxylic acids is 1. The van der Waals surface area contributed by atoms with Crippen LogP contribution in [0.4, 0.5) is 5.13 Å². The number of benzene rings is 2. The number of aliphatic hydroxyl groups is 3. The average molecular weight is 400 g/mol. The summed E-state index contributed by atoms with van der Waals surface area (Å²) < 4.78 is 5.54. The lowest BCUT2D eigenvalue weighted by Crippen LogP contribution is -2.51. The van der Waals surface area contributed by atoms with Gasteiger partial charge in [-0.05, 0) is 16.8 Å². The minimum atomic E-state index is -1.13. The summed E-state index contributed by atoms with van der Waals surface area (Å²) in [7, 11) is 0. The number of rotatable bonds is 5. The fraction of sp³-hybridized carbons (Fsp3) is 0.300. The Morgan fingerprint density at radius 1 is 1.21 bits per heavy atom. The molecule has 0 aliphatic carbocycles. The van der Waals surface area contributed by atoms with Gasteiger partial charge in [-0.15, -0.1) is 0 Å². The molecule has 4 N–H and O–H groups in total. The molecule has 1 saturated heterocycles. The predicted molar refractivity (Wildman–Crippen MR) is 105 cm³/mol. The lowest BCUT2D eigenvalue weighted by atomic mass is 10.0. The van der Waals surface area contributed by atoms with Crippen LogP contribution in [-0.2, 0) is 4.74 Å². The third kappa shape index (κ3) is 3.78. The fourth-order valence-corrected chi connectivity index (χ4v) is 4.07. The molecule has 4 rings (SSSR count). The molecule has 0 saturated carbocycles. The van der Waals surface area contributed by atoms with Crippen LogP contribution >= 0.6 is 11.3 Å². The number of hydrogen-bond acceptors (Lipinski definition) is 8. The number of ether oxygens (including phenoxy) is 1. The van der Waals surface area contributed by atoms with E-state index in [0.717, 1.165) is 10.8 Å². The molecule has 4 atom stereocenters. The van der Waals surface area contributed by atoms with Gasteiger partial charge in [0.1, 0.15) is 18.4 Å². The fourth-order valence-electron chi connectivity index (χ4n) is 3.25. The van der Waals surface area contributed by atoms with E-state index in [0.29, 0.717) is 15.6 Å². The highest BCUT2D eigenvalue weighted by Crippen LogP contribution is 2.27. The van der Waals surface area contributed by atoms with Crippen LogP contribution in [0, 0.1) is 0 Å². The topological polar surface area (TPSA) is 112 Å². The lowest BCUT2D eigenvalue weighted by molar-refractivity contribution is -0.172. The Hall–Kier alpha value is -2.36. The van der Waals surface area contributed by atoms with Gasteiger partial charge in [-0.25, -0.2) is 4.98 Å². The zero-order chi connectivity index (χ0) is 19.7. The van der Waals surface area contributed by atoms with Crippen molar-refractivity contribution in [1.29, 1.82) is 0 Å². The maximum absolute atomic E-state index is 12.8. The molecule has 7 nitrogen and oxygen atoms in total. The number of nitrogens with one attached hydrogen (secondary N) is 1. The van der Waals surface area contributed by atoms with Crippen LogP contribution in [0.5, 0.6) is 0 Å². The quantitative estimate of drug-likeness (QED) is 0.483. The van der Waals surface area contributed by atoms with Gasteiger partial charge >= 0.3 is 0 Å². The van der Waals surface area contributed by atoms with Crippen molar-refractivity contribution in [1.82, 2.24) is 4.98 Å². The number of nitrogens with zero attached hydrogens (tertiary/aromatic N) is 1. The van der Waals surface area contributed by atoms with E-state index in [1.54, 1.807) is 6.07 Å². The van der Waals surface area contributed by atoms with Crippen LogP contribution in [0.1, 0.15) is 21.7 Å². The number of ketones is 1. The molecule has 0 radical (unpaired) electrons. The van der Waals surface area contributed by atoms with Crippen molar-refractivity contribution < 1.29 is 24.9 Å². The predicted octanol–water partition coefficient (Wildman–Crippen LogP) is 1.77. The number of carbonyl (C=O) groups is 1. The second-order valence-electron chi connectivity index (χ2n) is 6.70. The van der Waals surface area contributed by atoms with Crippen LogP contribution in [-0.4, -0.2) is 57.2 Å². The van der Waals surface area contributed by atoms with Crippen LogP contribution < -0.4 is 5.32 Å². The first-order valence-electron chi connectivity index (χ1n) is 8.93. The highest BCUT2D eigenvalue weighted by molar-refractivity contribution is 7.17. The van der Waals surface area contributed by atoms with Gasteiger partial charge in [-0.3, -0.25) is 4.79 Å². The van der Waals surface area contributed by atoms with Gasteiger partial charge in [0.15, 0.2) is 5.13 Å². The monoisotopic (exact) mass is 400 g/mol. The zero-order valence-electron chi connectivity index (χ0n) is 14.9. The Bertz CT molecular complexity index is 991. The van der Waals surface area contributed by atoms with Gasteiger partial charge in [-0.2, -0.15) is 0 Å². The van der Waals surface area contributed by atoms with Gasteiger partial charge in [-0.1, -0.05) is 47.7 Å². The van der Waals surface area contributed by atoms with E-state index >= 15 is 0 Å². The summed E-state index contributed by atoms with van der Waals surface area (Å²) in [6.07, 6.45) is -2.00. The van der Waals surface area contributed by atoms with Crippen molar-refractivity contribution in [3.05, 3.63) is 59.1 Å². The molecule has 1 aromatic heterocycles. The molecule has 1 aliphatic rings. The molecular formula is C20H20N2O5S. The number of aromatic nitrogens is 1. The van der Waals surface area contributed by atoms with Gasteiger partial charge in [0, 0.05) is 12.0 Å². The van der Waals surface area contributed by atoms with Crippen LogP contribution in [0.2, 0.25) is 0 Å². The van der Waals surface area contributed by atoms with E-state index in [9.17, 15) is 20.1 Å². The summed E-state index contributed by atoms with van der Waals surface area (Å²) in [4.78, 5) is 17.5. The molecule has 2 unspecified atom stereocenters. The number of hydrogen-bond donors (Lipinski definition) is 4. The summed E-state index contributed by atoms with van der Waals surface area (Å²) in [5.74, 6) is -0.121. The maximum atomic E-state index is 12.8. The summed E-state index contributed by atoms with van der Waals surface area (Å²) in [5, 5.41) is 34.5. The lowest BCUT2D eigenvalue weighted by Gasteiger charge is -2.36. The van der Waals surface area contributed by atoms with E-state index in [1.807, 2.05) is 36.4 Å². The minimum Gasteiger partial charge on any atom is -0.394 e. The Labute approximate surface area is 165 Å². The first kappa shape index (κ1) is 19.0. The largest absolute Gasteiger partial charge is 0.394 e. The molecule has 28 heavy (non-hydrogen) atoms. The van der Waals surface area contributed by atoms with Crippen molar-refractivity contribution in [2.75, 3.05) is 11.9 Å². The SMILES string of the molecule is O=C(c1ccc2ccccc2c1)c1cnc(N[C@@H]2C[C@@H](O)C(O)C(CO)O2)s1. The van der Waals surface area contributed by atoms with E-state index in [2.05, 4.69) is 10.3 Å². The third-order valence-corrected chi connectivity index (χ3v) is 5.70. The zero-order valence-corrected chi connectivity index (χ0v) is 15.7. The Balaban J connectivity index is 1.48. The van der Waals surface area contributed by atoms with Crippen molar-refractivity contribution in [3.8, 4) is 0 Å². The van der Waals surface area contributed by atoms with Gasteiger partial charge in [0.05, 0.1) is 23.8 Å². The van der Waals surface area contributed by atoms with Gasteiger partial charge < -0.3 is 25.4 Å².